The van der Waals surface area contributed by atoms with Gasteiger partial charge in [-0.05, 0) is 50.6 Å². The summed E-state index contributed by atoms with van der Waals surface area (Å²) in [5.74, 6) is 0.118. The number of fused-ring (bicyclic) bond motifs is 1. The molecule has 0 aliphatic carbocycles. The van der Waals surface area contributed by atoms with Crippen LogP contribution >= 0.6 is 0 Å². The SMILES string of the molecule is O=C(O)c1ccc2nc(CN3CCCCC3)n(CC3CCO3)c2c1. The maximum atomic E-state index is 11.3. The maximum absolute atomic E-state index is 11.3. The van der Waals surface area contributed by atoms with Crippen LogP contribution in [0.1, 0.15) is 41.9 Å². The lowest BCUT2D eigenvalue weighted by atomic mass is 10.1. The lowest BCUT2D eigenvalue weighted by Gasteiger charge is -2.29. The molecule has 2 saturated heterocycles. The number of nitrogens with zero attached hydrogens (tertiary/aromatic N) is 3. The van der Waals surface area contributed by atoms with E-state index in [4.69, 9.17) is 9.72 Å². The Hall–Kier alpha value is -1.92. The second-order valence-electron chi connectivity index (χ2n) is 6.77. The molecule has 3 heterocycles. The van der Waals surface area contributed by atoms with Gasteiger partial charge in [0.15, 0.2) is 0 Å². The Morgan fingerprint density at radius 3 is 2.75 bits per heavy atom. The number of piperidine rings is 1. The lowest BCUT2D eigenvalue weighted by Crippen LogP contribution is -2.34. The predicted molar refractivity (Wildman–Crippen MR) is 90.2 cm³/mol. The first-order valence-corrected chi connectivity index (χ1v) is 8.77. The van der Waals surface area contributed by atoms with Gasteiger partial charge in [-0.1, -0.05) is 6.42 Å². The van der Waals surface area contributed by atoms with Gasteiger partial charge in [-0.2, -0.15) is 0 Å². The van der Waals surface area contributed by atoms with Gasteiger partial charge < -0.3 is 14.4 Å². The van der Waals surface area contributed by atoms with Crippen LogP contribution in [0.2, 0.25) is 0 Å². The quantitative estimate of drug-likeness (QED) is 0.913. The van der Waals surface area contributed by atoms with E-state index in [1.54, 1.807) is 12.1 Å². The van der Waals surface area contributed by atoms with Crippen molar-refractivity contribution in [3.8, 4) is 0 Å². The summed E-state index contributed by atoms with van der Waals surface area (Å²) in [5.41, 5.74) is 2.08. The van der Waals surface area contributed by atoms with Gasteiger partial charge in [0.25, 0.3) is 0 Å². The highest BCUT2D eigenvalue weighted by molar-refractivity contribution is 5.92. The van der Waals surface area contributed by atoms with E-state index in [1.165, 1.54) is 19.3 Å². The van der Waals surface area contributed by atoms with Crippen molar-refractivity contribution < 1.29 is 14.6 Å². The summed E-state index contributed by atoms with van der Waals surface area (Å²) < 4.78 is 7.76. The zero-order valence-corrected chi connectivity index (χ0v) is 13.8. The molecule has 2 aliphatic heterocycles. The van der Waals surface area contributed by atoms with E-state index in [2.05, 4.69) is 9.47 Å². The van der Waals surface area contributed by atoms with Crippen molar-refractivity contribution in [1.29, 1.82) is 0 Å². The number of hydrogen-bond acceptors (Lipinski definition) is 4. The Morgan fingerprint density at radius 2 is 2.08 bits per heavy atom. The maximum Gasteiger partial charge on any atom is 0.335 e. The number of aromatic nitrogens is 2. The van der Waals surface area contributed by atoms with Crippen LogP contribution in [0.25, 0.3) is 11.0 Å². The first-order chi connectivity index (χ1) is 11.7. The van der Waals surface area contributed by atoms with Crippen LogP contribution in [-0.4, -0.2) is 51.3 Å². The number of aromatic carboxylic acids is 1. The van der Waals surface area contributed by atoms with E-state index in [1.807, 2.05) is 6.07 Å². The van der Waals surface area contributed by atoms with Crippen LogP contribution in [-0.2, 0) is 17.8 Å². The third-order valence-corrected chi connectivity index (χ3v) is 5.07. The number of carboxylic acid groups (broad SMARTS) is 1. The largest absolute Gasteiger partial charge is 0.478 e. The van der Waals surface area contributed by atoms with Gasteiger partial charge in [0, 0.05) is 6.61 Å². The second-order valence-corrected chi connectivity index (χ2v) is 6.77. The first kappa shape index (κ1) is 15.6. The summed E-state index contributed by atoms with van der Waals surface area (Å²) in [4.78, 5) is 18.5. The average molecular weight is 329 g/mol. The molecule has 0 spiro atoms. The monoisotopic (exact) mass is 329 g/mol. The third-order valence-electron chi connectivity index (χ3n) is 5.07. The van der Waals surface area contributed by atoms with E-state index in [0.29, 0.717) is 5.56 Å². The van der Waals surface area contributed by atoms with Gasteiger partial charge in [-0.3, -0.25) is 4.90 Å². The molecule has 2 fully saturated rings. The van der Waals surface area contributed by atoms with Gasteiger partial charge in [-0.15, -0.1) is 0 Å². The second kappa shape index (κ2) is 6.53. The van der Waals surface area contributed by atoms with E-state index >= 15 is 0 Å². The molecule has 6 heteroatoms. The topological polar surface area (TPSA) is 67.6 Å². The number of hydrogen-bond donors (Lipinski definition) is 1. The Morgan fingerprint density at radius 1 is 1.29 bits per heavy atom. The summed E-state index contributed by atoms with van der Waals surface area (Å²) in [6.45, 7) is 4.62. The molecule has 0 radical (unpaired) electrons. The number of carbonyl (C=O) groups is 1. The number of benzene rings is 1. The molecule has 1 N–H and O–H groups in total. The van der Waals surface area contributed by atoms with E-state index in [9.17, 15) is 9.90 Å². The van der Waals surface area contributed by atoms with Gasteiger partial charge >= 0.3 is 5.97 Å². The van der Waals surface area contributed by atoms with Crippen LogP contribution in [0.15, 0.2) is 18.2 Å². The van der Waals surface area contributed by atoms with Crippen LogP contribution in [0.5, 0.6) is 0 Å². The Bertz CT molecular complexity index is 745. The summed E-state index contributed by atoms with van der Waals surface area (Å²) in [5, 5.41) is 9.28. The molecule has 6 nitrogen and oxygen atoms in total. The van der Waals surface area contributed by atoms with Crippen molar-refractivity contribution in [2.24, 2.45) is 0 Å². The minimum absolute atomic E-state index is 0.219. The number of likely N-dealkylation sites (tertiary alicyclic amines) is 1. The first-order valence-electron chi connectivity index (χ1n) is 8.77. The zero-order chi connectivity index (χ0) is 16.5. The molecule has 1 aromatic heterocycles. The van der Waals surface area contributed by atoms with E-state index in [0.717, 1.165) is 56.1 Å². The molecule has 1 unspecified atom stereocenters. The minimum Gasteiger partial charge on any atom is -0.478 e. The molecule has 128 valence electrons. The van der Waals surface area contributed by atoms with Crippen molar-refractivity contribution in [2.75, 3.05) is 19.7 Å². The smallest absolute Gasteiger partial charge is 0.335 e. The van der Waals surface area contributed by atoms with Crippen molar-refractivity contribution in [2.45, 2.75) is 44.9 Å². The fraction of sp³-hybridized carbons (Fsp3) is 0.556. The summed E-state index contributed by atoms with van der Waals surface area (Å²) in [6.07, 6.45) is 5.08. The number of rotatable bonds is 5. The lowest BCUT2D eigenvalue weighted by molar-refractivity contribution is -0.0592. The predicted octanol–water partition coefficient (Wildman–Crippen LogP) is 2.51. The molecule has 4 rings (SSSR count). The molecule has 0 saturated carbocycles. The van der Waals surface area contributed by atoms with Gasteiger partial charge in [0.2, 0.25) is 0 Å². The Balaban J connectivity index is 1.69. The van der Waals surface area contributed by atoms with Crippen molar-refractivity contribution >= 4 is 17.0 Å². The Labute approximate surface area is 141 Å². The molecule has 2 aromatic rings. The number of carboxylic acids is 1. The summed E-state index contributed by atoms with van der Waals surface area (Å²) in [7, 11) is 0. The summed E-state index contributed by atoms with van der Waals surface area (Å²) >= 11 is 0. The van der Waals surface area contributed by atoms with Crippen LogP contribution < -0.4 is 0 Å². The minimum atomic E-state index is -0.901. The van der Waals surface area contributed by atoms with Crippen LogP contribution in [0.4, 0.5) is 0 Å². The highest BCUT2D eigenvalue weighted by atomic mass is 16.5. The van der Waals surface area contributed by atoms with Crippen LogP contribution in [0, 0.1) is 0 Å². The molecule has 0 bridgehead atoms. The fourth-order valence-corrected chi connectivity index (χ4v) is 3.58. The van der Waals surface area contributed by atoms with E-state index < -0.39 is 5.97 Å². The zero-order valence-electron chi connectivity index (χ0n) is 13.8. The average Bonchev–Trinajstić information content (AvgIpc) is 2.88. The molecule has 24 heavy (non-hydrogen) atoms. The van der Waals surface area contributed by atoms with Crippen molar-refractivity contribution in [3.05, 3.63) is 29.6 Å². The fourth-order valence-electron chi connectivity index (χ4n) is 3.58. The normalized spacial score (nSPS) is 21.8. The van der Waals surface area contributed by atoms with Gasteiger partial charge in [0.1, 0.15) is 5.82 Å². The Kier molecular flexibility index (Phi) is 4.24. The number of imidazole rings is 1. The third kappa shape index (κ3) is 3.03. The molecular weight excluding hydrogens is 306 g/mol. The summed E-state index contributed by atoms with van der Waals surface area (Å²) in [6, 6.07) is 5.19. The number of ether oxygens (including phenoxy) is 1. The van der Waals surface area contributed by atoms with Crippen molar-refractivity contribution in [3.63, 3.8) is 0 Å². The molecule has 1 atom stereocenters. The van der Waals surface area contributed by atoms with Crippen molar-refractivity contribution in [1.82, 2.24) is 14.5 Å². The van der Waals surface area contributed by atoms with Crippen LogP contribution in [0.3, 0.4) is 0 Å². The van der Waals surface area contributed by atoms with Gasteiger partial charge in [-0.25, -0.2) is 9.78 Å². The van der Waals surface area contributed by atoms with E-state index in [-0.39, 0.29) is 6.10 Å². The molecule has 1 aromatic carbocycles. The molecule has 0 amide bonds. The molecule has 2 aliphatic rings. The molecular formula is C18H23N3O3. The highest BCUT2D eigenvalue weighted by Gasteiger charge is 2.23. The standard InChI is InChI=1S/C18H23N3O3/c22-18(23)13-4-5-15-16(10-13)21(11-14-6-9-24-14)17(19-15)12-20-7-2-1-3-8-20/h4-5,10,14H,1-3,6-9,11-12H2,(H,22,23). The highest BCUT2D eigenvalue weighted by Crippen LogP contribution is 2.24. The van der Waals surface area contributed by atoms with Gasteiger partial charge in [0.05, 0.1) is 35.8 Å².